The summed E-state index contributed by atoms with van der Waals surface area (Å²) in [5.74, 6) is -0.637. The summed E-state index contributed by atoms with van der Waals surface area (Å²) >= 11 is 0. The van der Waals surface area contributed by atoms with Gasteiger partial charge >= 0.3 is 0 Å². The van der Waals surface area contributed by atoms with Gasteiger partial charge in [0.2, 0.25) is 0 Å². The molecule has 0 radical (unpaired) electrons. The molecule has 0 saturated heterocycles. The number of anilines is 2. The molecule has 5 nitrogen and oxygen atoms in total. The van der Waals surface area contributed by atoms with Crippen LogP contribution in [-0.2, 0) is 0 Å². The van der Waals surface area contributed by atoms with Gasteiger partial charge in [-0.2, -0.15) is 0 Å². The third-order valence-corrected chi connectivity index (χ3v) is 4.50. The van der Waals surface area contributed by atoms with Crippen LogP contribution in [0.15, 0.2) is 60.8 Å². The van der Waals surface area contributed by atoms with Crippen molar-refractivity contribution in [2.24, 2.45) is 0 Å². The van der Waals surface area contributed by atoms with Crippen LogP contribution in [0.4, 0.5) is 11.4 Å². The van der Waals surface area contributed by atoms with Gasteiger partial charge in [-0.15, -0.1) is 0 Å². The zero-order chi connectivity index (χ0) is 19.4. The Kier molecular flexibility index (Phi) is 5.31. The molecule has 0 saturated carbocycles. The van der Waals surface area contributed by atoms with Gasteiger partial charge in [0.05, 0.1) is 0 Å². The second kappa shape index (κ2) is 7.83. The average molecular weight is 359 g/mol. The number of aromatic nitrogens is 1. The molecule has 0 spiro atoms. The largest absolute Gasteiger partial charge is 0.322 e. The average Bonchev–Trinajstić information content (AvgIpc) is 2.67. The monoisotopic (exact) mass is 359 g/mol. The first-order chi connectivity index (χ1) is 13.0. The number of hydrogen-bond acceptors (Lipinski definition) is 3. The van der Waals surface area contributed by atoms with E-state index in [2.05, 4.69) is 15.6 Å². The number of rotatable bonds is 4. The summed E-state index contributed by atoms with van der Waals surface area (Å²) in [6.45, 7) is 5.86. The number of pyridine rings is 1. The minimum Gasteiger partial charge on any atom is -0.322 e. The third-order valence-electron chi connectivity index (χ3n) is 4.50. The summed E-state index contributed by atoms with van der Waals surface area (Å²) < 4.78 is 0. The summed E-state index contributed by atoms with van der Waals surface area (Å²) in [5, 5.41) is 5.72. The number of nitrogens with zero attached hydrogens (tertiary/aromatic N) is 1. The number of nitrogens with one attached hydrogen (secondary N) is 2. The second-order valence-corrected chi connectivity index (χ2v) is 6.40. The first-order valence-corrected chi connectivity index (χ1v) is 8.66. The highest BCUT2D eigenvalue weighted by atomic mass is 16.2. The Balaban J connectivity index is 1.78. The molecule has 2 N–H and O–H groups in total. The van der Waals surface area contributed by atoms with E-state index in [9.17, 15) is 9.59 Å². The predicted molar refractivity (Wildman–Crippen MR) is 107 cm³/mol. The molecule has 0 unspecified atom stereocenters. The van der Waals surface area contributed by atoms with Crippen LogP contribution >= 0.6 is 0 Å². The fourth-order valence-corrected chi connectivity index (χ4v) is 2.68. The van der Waals surface area contributed by atoms with Crippen LogP contribution in [0.25, 0.3) is 0 Å². The van der Waals surface area contributed by atoms with Gasteiger partial charge in [0.15, 0.2) is 0 Å². The van der Waals surface area contributed by atoms with Gasteiger partial charge in [-0.25, -0.2) is 0 Å². The molecule has 136 valence electrons. The Hall–Kier alpha value is -3.47. The standard InChI is InChI=1S/C22H21N3O2/c1-14-8-6-10-19(16(14)3)25-22(27)20-13-17(11-12-23-20)21(26)24-18-9-5-4-7-15(18)2/h4-13H,1-3H3,(H,24,26)(H,25,27). The Bertz CT molecular complexity index is 1010. The minimum atomic E-state index is -0.353. The molecule has 0 bridgehead atoms. The van der Waals surface area contributed by atoms with E-state index in [1.54, 1.807) is 6.07 Å². The van der Waals surface area contributed by atoms with Gasteiger partial charge in [-0.05, 0) is 61.7 Å². The van der Waals surface area contributed by atoms with Crippen molar-refractivity contribution in [3.05, 3.63) is 88.7 Å². The van der Waals surface area contributed by atoms with Crippen molar-refractivity contribution in [2.45, 2.75) is 20.8 Å². The lowest BCUT2D eigenvalue weighted by Crippen LogP contribution is -2.17. The van der Waals surface area contributed by atoms with Crippen molar-refractivity contribution in [1.82, 2.24) is 4.98 Å². The van der Waals surface area contributed by atoms with Crippen molar-refractivity contribution in [2.75, 3.05) is 10.6 Å². The molecule has 5 heteroatoms. The van der Waals surface area contributed by atoms with Crippen LogP contribution in [0.3, 0.4) is 0 Å². The summed E-state index contributed by atoms with van der Waals surface area (Å²) in [6.07, 6.45) is 1.46. The molecule has 3 aromatic rings. The van der Waals surface area contributed by atoms with Crippen LogP contribution in [-0.4, -0.2) is 16.8 Å². The van der Waals surface area contributed by atoms with Gasteiger partial charge in [0, 0.05) is 23.1 Å². The SMILES string of the molecule is Cc1ccccc1NC(=O)c1ccnc(C(=O)Nc2cccc(C)c2C)c1. The molecular weight excluding hydrogens is 338 g/mol. The molecule has 3 rings (SSSR count). The normalized spacial score (nSPS) is 10.3. The molecule has 2 amide bonds. The van der Waals surface area contributed by atoms with E-state index in [0.29, 0.717) is 5.56 Å². The lowest BCUT2D eigenvalue weighted by Gasteiger charge is -2.11. The highest BCUT2D eigenvalue weighted by Gasteiger charge is 2.14. The van der Waals surface area contributed by atoms with E-state index in [4.69, 9.17) is 0 Å². The second-order valence-electron chi connectivity index (χ2n) is 6.40. The number of carbonyl (C=O) groups excluding carboxylic acids is 2. The fraction of sp³-hybridized carbons (Fsp3) is 0.136. The highest BCUT2D eigenvalue weighted by Crippen LogP contribution is 2.19. The zero-order valence-electron chi connectivity index (χ0n) is 15.5. The van der Waals surface area contributed by atoms with Gasteiger partial charge < -0.3 is 10.6 Å². The van der Waals surface area contributed by atoms with E-state index in [1.165, 1.54) is 12.3 Å². The third kappa shape index (κ3) is 4.20. The van der Waals surface area contributed by atoms with E-state index in [1.807, 2.05) is 63.2 Å². The van der Waals surface area contributed by atoms with Crippen molar-refractivity contribution in [3.8, 4) is 0 Å². The topological polar surface area (TPSA) is 71.1 Å². The summed E-state index contributed by atoms with van der Waals surface area (Å²) in [5.41, 5.74) is 5.09. The summed E-state index contributed by atoms with van der Waals surface area (Å²) in [4.78, 5) is 29.2. The van der Waals surface area contributed by atoms with Crippen molar-refractivity contribution < 1.29 is 9.59 Å². The molecule has 27 heavy (non-hydrogen) atoms. The molecule has 0 aliphatic rings. The highest BCUT2D eigenvalue weighted by molar-refractivity contribution is 6.08. The Morgan fingerprint density at radius 2 is 1.44 bits per heavy atom. The lowest BCUT2D eigenvalue weighted by molar-refractivity contribution is 0.102. The number of aryl methyl sites for hydroxylation is 2. The first-order valence-electron chi connectivity index (χ1n) is 8.66. The zero-order valence-corrected chi connectivity index (χ0v) is 15.5. The van der Waals surface area contributed by atoms with Crippen LogP contribution < -0.4 is 10.6 Å². The van der Waals surface area contributed by atoms with Crippen molar-refractivity contribution >= 4 is 23.2 Å². The molecule has 2 aromatic carbocycles. The molecule has 0 atom stereocenters. The van der Waals surface area contributed by atoms with Crippen LogP contribution in [0.5, 0.6) is 0 Å². The number of amides is 2. The molecule has 1 heterocycles. The lowest BCUT2D eigenvalue weighted by atomic mass is 10.1. The van der Waals surface area contributed by atoms with E-state index < -0.39 is 0 Å². The number of para-hydroxylation sites is 1. The quantitative estimate of drug-likeness (QED) is 0.720. The Morgan fingerprint density at radius 1 is 0.778 bits per heavy atom. The summed E-state index contributed by atoms with van der Waals surface area (Å²) in [6, 6.07) is 16.3. The van der Waals surface area contributed by atoms with Gasteiger partial charge in [-0.3, -0.25) is 14.6 Å². The minimum absolute atomic E-state index is 0.188. The van der Waals surface area contributed by atoms with E-state index in [0.717, 1.165) is 28.1 Å². The Labute approximate surface area is 158 Å². The van der Waals surface area contributed by atoms with Crippen LogP contribution in [0.1, 0.15) is 37.5 Å². The first kappa shape index (κ1) is 18.3. The molecule has 1 aromatic heterocycles. The molecular formula is C22H21N3O2. The number of benzene rings is 2. The van der Waals surface area contributed by atoms with Crippen LogP contribution in [0, 0.1) is 20.8 Å². The van der Waals surface area contributed by atoms with Gasteiger partial charge in [0.1, 0.15) is 5.69 Å². The predicted octanol–water partition coefficient (Wildman–Crippen LogP) is 4.51. The molecule has 0 aliphatic carbocycles. The maximum absolute atomic E-state index is 12.6. The number of hydrogen-bond donors (Lipinski definition) is 2. The summed E-state index contributed by atoms with van der Waals surface area (Å²) in [7, 11) is 0. The number of carbonyl (C=O) groups is 2. The van der Waals surface area contributed by atoms with Gasteiger partial charge in [0.25, 0.3) is 11.8 Å². The van der Waals surface area contributed by atoms with E-state index >= 15 is 0 Å². The molecule has 0 aliphatic heterocycles. The maximum Gasteiger partial charge on any atom is 0.274 e. The van der Waals surface area contributed by atoms with Crippen LogP contribution in [0.2, 0.25) is 0 Å². The van der Waals surface area contributed by atoms with Crippen molar-refractivity contribution in [3.63, 3.8) is 0 Å². The smallest absolute Gasteiger partial charge is 0.274 e. The van der Waals surface area contributed by atoms with Gasteiger partial charge in [-0.1, -0.05) is 30.3 Å². The van der Waals surface area contributed by atoms with Crippen molar-refractivity contribution in [1.29, 1.82) is 0 Å². The maximum atomic E-state index is 12.6. The fourth-order valence-electron chi connectivity index (χ4n) is 2.68. The Morgan fingerprint density at radius 3 is 2.22 bits per heavy atom. The molecule has 0 fully saturated rings. The van der Waals surface area contributed by atoms with E-state index in [-0.39, 0.29) is 17.5 Å².